The van der Waals surface area contributed by atoms with E-state index in [1.165, 1.54) is 12.1 Å². The van der Waals surface area contributed by atoms with Gasteiger partial charge >= 0.3 is 5.97 Å². The molecule has 0 atom stereocenters. The van der Waals surface area contributed by atoms with Crippen molar-refractivity contribution >= 4 is 17.6 Å². The van der Waals surface area contributed by atoms with Crippen molar-refractivity contribution in [1.29, 1.82) is 0 Å². The lowest BCUT2D eigenvalue weighted by Crippen LogP contribution is -2.21. The lowest BCUT2D eigenvalue weighted by atomic mass is 10.1. The minimum atomic E-state index is -0.737. The highest BCUT2D eigenvalue weighted by atomic mass is 16.5. The Balaban J connectivity index is 1.96. The van der Waals surface area contributed by atoms with Crippen molar-refractivity contribution in [2.24, 2.45) is 0 Å². The third-order valence-corrected chi connectivity index (χ3v) is 3.59. The van der Waals surface area contributed by atoms with E-state index >= 15 is 0 Å². The molecule has 5 nitrogen and oxygen atoms in total. The number of carbonyl (C=O) groups excluding carboxylic acids is 2. The van der Waals surface area contributed by atoms with Gasteiger partial charge < -0.3 is 15.2 Å². The molecule has 2 rings (SSSR count). The van der Waals surface area contributed by atoms with Crippen molar-refractivity contribution in [2.75, 3.05) is 11.9 Å². The predicted molar refractivity (Wildman–Crippen MR) is 87.7 cm³/mol. The van der Waals surface area contributed by atoms with Crippen molar-refractivity contribution in [3.63, 3.8) is 0 Å². The Kier molecular flexibility index (Phi) is 5.01. The average Bonchev–Trinajstić information content (AvgIpc) is 2.49. The normalized spacial score (nSPS) is 10.2. The first-order valence-electron chi connectivity index (χ1n) is 7.21. The van der Waals surface area contributed by atoms with Crippen LogP contribution in [0.1, 0.15) is 27.0 Å². The SMILES string of the molecule is Cc1ccc(C(=O)OCC(=O)Nc2cccc(C)c2C)c(O)c1. The standard InChI is InChI=1S/C18H19NO4/c1-11-7-8-14(16(20)9-11)18(22)23-10-17(21)19-15-6-4-5-12(2)13(15)3/h4-9,20H,10H2,1-3H3,(H,19,21). The smallest absolute Gasteiger partial charge is 0.342 e. The summed E-state index contributed by atoms with van der Waals surface area (Å²) >= 11 is 0. The molecule has 0 aliphatic rings. The van der Waals surface area contributed by atoms with Crippen LogP contribution in [0.15, 0.2) is 36.4 Å². The van der Waals surface area contributed by atoms with Gasteiger partial charge in [-0.3, -0.25) is 4.79 Å². The van der Waals surface area contributed by atoms with Crippen molar-refractivity contribution < 1.29 is 19.4 Å². The van der Waals surface area contributed by atoms with E-state index in [0.717, 1.165) is 16.7 Å². The van der Waals surface area contributed by atoms with Gasteiger partial charge in [-0.05, 0) is 55.7 Å². The minimum Gasteiger partial charge on any atom is -0.507 e. The van der Waals surface area contributed by atoms with E-state index in [9.17, 15) is 14.7 Å². The summed E-state index contributed by atoms with van der Waals surface area (Å²) in [5.41, 5.74) is 3.57. The van der Waals surface area contributed by atoms with E-state index < -0.39 is 18.5 Å². The van der Waals surface area contributed by atoms with E-state index in [1.54, 1.807) is 19.1 Å². The fraction of sp³-hybridized carbons (Fsp3) is 0.222. The Morgan fingerprint density at radius 3 is 2.57 bits per heavy atom. The molecule has 5 heteroatoms. The number of rotatable bonds is 4. The van der Waals surface area contributed by atoms with Gasteiger partial charge in [0.1, 0.15) is 11.3 Å². The van der Waals surface area contributed by atoms with E-state index in [0.29, 0.717) is 5.69 Å². The molecule has 0 bridgehead atoms. The van der Waals surface area contributed by atoms with Gasteiger partial charge in [0.25, 0.3) is 5.91 Å². The van der Waals surface area contributed by atoms with Crippen LogP contribution in [0, 0.1) is 20.8 Å². The number of hydrogen-bond donors (Lipinski definition) is 2. The molecule has 23 heavy (non-hydrogen) atoms. The van der Waals surface area contributed by atoms with Crippen LogP contribution < -0.4 is 5.32 Å². The topological polar surface area (TPSA) is 75.6 Å². The molecule has 0 unspecified atom stereocenters. The number of nitrogens with one attached hydrogen (secondary N) is 1. The third kappa shape index (κ3) is 4.10. The first kappa shape index (κ1) is 16.5. The quantitative estimate of drug-likeness (QED) is 0.850. The van der Waals surface area contributed by atoms with Gasteiger partial charge in [-0.2, -0.15) is 0 Å². The fourth-order valence-corrected chi connectivity index (χ4v) is 2.10. The van der Waals surface area contributed by atoms with Gasteiger partial charge in [0.15, 0.2) is 6.61 Å². The largest absolute Gasteiger partial charge is 0.507 e. The maximum atomic E-state index is 11.9. The summed E-state index contributed by atoms with van der Waals surface area (Å²) in [4.78, 5) is 23.8. The molecule has 1 amide bonds. The number of phenolic OH excluding ortho intramolecular Hbond substituents is 1. The molecule has 0 saturated heterocycles. The second kappa shape index (κ2) is 6.96. The van der Waals surface area contributed by atoms with Crippen LogP contribution in [0.5, 0.6) is 5.75 Å². The second-order valence-electron chi connectivity index (χ2n) is 5.39. The first-order valence-corrected chi connectivity index (χ1v) is 7.21. The number of esters is 1. The highest BCUT2D eigenvalue weighted by molar-refractivity contribution is 5.97. The molecule has 0 saturated carbocycles. The maximum Gasteiger partial charge on any atom is 0.342 e. The Morgan fingerprint density at radius 1 is 1.13 bits per heavy atom. The summed E-state index contributed by atoms with van der Waals surface area (Å²) in [7, 11) is 0. The summed E-state index contributed by atoms with van der Waals surface area (Å²) in [6.07, 6.45) is 0. The molecule has 0 fully saturated rings. The number of amides is 1. The molecule has 2 aromatic carbocycles. The maximum absolute atomic E-state index is 11.9. The molecule has 2 aromatic rings. The van der Waals surface area contributed by atoms with Gasteiger partial charge in [0.05, 0.1) is 0 Å². The molecule has 0 radical (unpaired) electrons. The van der Waals surface area contributed by atoms with Crippen molar-refractivity contribution in [3.05, 3.63) is 58.7 Å². The number of phenols is 1. The van der Waals surface area contributed by atoms with Crippen LogP contribution >= 0.6 is 0 Å². The molecule has 0 aliphatic heterocycles. The monoisotopic (exact) mass is 313 g/mol. The van der Waals surface area contributed by atoms with Crippen LogP contribution in [0.4, 0.5) is 5.69 Å². The predicted octanol–water partition coefficient (Wildman–Crippen LogP) is 3.11. The summed E-state index contributed by atoms with van der Waals surface area (Å²) in [5, 5.41) is 12.4. The number of ether oxygens (including phenoxy) is 1. The minimum absolute atomic E-state index is 0.0372. The molecule has 2 N–H and O–H groups in total. The summed E-state index contributed by atoms with van der Waals surface area (Å²) in [5.74, 6) is -1.33. The van der Waals surface area contributed by atoms with Gasteiger partial charge in [-0.25, -0.2) is 4.79 Å². The van der Waals surface area contributed by atoms with Gasteiger partial charge in [-0.1, -0.05) is 18.2 Å². The van der Waals surface area contributed by atoms with Crippen LogP contribution in [0.25, 0.3) is 0 Å². The summed E-state index contributed by atoms with van der Waals surface area (Å²) in [6, 6.07) is 10.2. The van der Waals surface area contributed by atoms with Crippen molar-refractivity contribution in [2.45, 2.75) is 20.8 Å². The van der Waals surface area contributed by atoms with Gasteiger partial charge in [-0.15, -0.1) is 0 Å². The van der Waals surface area contributed by atoms with E-state index in [-0.39, 0.29) is 11.3 Å². The molecular weight excluding hydrogens is 294 g/mol. The number of carbonyl (C=O) groups is 2. The van der Waals surface area contributed by atoms with Crippen LogP contribution in [-0.2, 0) is 9.53 Å². The molecular formula is C18H19NO4. The van der Waals surface area contributed by atoms with Gasteiger partial charge in [0, 0.05) is 5.69 Å². The zero-order valence-electron chi connectivity index (χ0n) is 13.3. The Labute approximate surface area is 134 Å². The van der Waals surface area contributed by atoms with Crippen molar-refractivity contribution in [3.8, 4) is 5.75 Å². The number of anilines is 1. The zero-order valence-corrected chi connectivity index (χ0v) is 13.3. The molecule has 0 heterocycles. The lowest BCUT2D eigenvalue weighted by molar-refractivity contribution is -0.119. The van der Waals surface area contributed by atoms with Crippen molar-refractivity contribution in [1.82, 2.24) is 0 Å². The number of benzene rings is 2. The van der Waals surface area contributed by atoms with E-state index in [4.69, 9.17) is 4.74 Å². The highest BCUT2D eigenvalue weighted by Crippen LogP contribution is 2.20. The fourth-order valence-electron chi connectivity index (χ4n) is 2.10. The number of aryl methyl sites for hydroxylation is 2. The second-order valence-corrected chi connectivity index (χ2v) is 5.39. The highest BCUT2D eigenvalue weighted by Gasteiger charge is 2.15. The molecule has 0 aromatic heterocycles. The van der Waals surface area contributed by atoms with Crippen LogP contribution in [0.3, 0.4) is 0 Å². The summed E-state index contributed by atoms with van der Waals surface area (Å²) < 4.78 is 4.94. The number of aromatic hydroxyl groups is 1. The Hall–Kier alpha value is -2.82. The molecule has 120 valence electrons. The Bertz CT molecular complexity index is 753. The summed E-state index contributed by atoms with van der Waals surface area (Å²) in [6.45, 7) is 5.23. The Morgan fingerprint density at radius 2 is 1.87 bits per heavy atom. The third-order valence-electron chi connectivity index (χ3n) is 3.59. The van der Waals surface area contributed by atoms with E-state index in [2.05, 4.69) is 5.32 Å². The number of hydrogen-bond acceptors (Lipinski definition) is 4. The van der Waals surface area contributed by atoms with Crippen LogP contribution in [0.2, 0.25) is 0 Å². The molecule has 0 spiro atoms. The van der Waals surface area contributed by atoms with Gasteiger partial charge in [0.2, 0.25) is 0 Å². The lowest BCUT2D eigenvalue weighted by Gasteiger charge is -2.11. The van der Waals surface area contributed by atoms with E-state index in [1.807, 2.05) is 26.0 Å². The molecule has 0 aliphatic carbocycles. The first-order chi connectivity index (χ1) is 10.9. The van der Waals surface area contributed by atoms with Crippen LogP contribution in [-0.4, -0.2) is 23.6 Å². The zero-order chi connectivity index (χ0) is 17.0. The average molecular weight is 313 g/mol.